The van der Waals surface area contributed by atoms with E-state index in [0.717, 1.165) is 11.3 Å². The molecule has 3 rings (SSSR count). The summed E-state index contributed by atoms with van der Waals surface area (Å²) in [5.41, 5.74) is 0. The zero-order chi connectivity index (χ0) is 21.6. The third-order valence-corrected chi connectivity index (χ3v) is 6.07. The third-order valence-electron chi connectivity index (χ3n) is 3.80. The van der Waals surface area contributed by atoms with Crippen LogP contribution >= 0.6 is 11.3 Å². The Morgan fingerprint density at radius 1 is 1.10 bits per heavy atom. The SMILES string of the molecule is O=C(COC(=O)CNS(=O)(=O)c1ccc2c(c1)OCCCO2)NC(=O)c1cccs1. The van der Waals surface area contributed by atoms with Crippen LogP contribution in [-0.4, -0.2) is 52.6 Å². The molecule has 30 heavy (non-hydrogen) atoms. The average Bonchev–Trinajstić information content (AvgIpc) is 3.16. The molecule has 1 aliphatic rings. The second-order valence-corrected chi connectivity index (χ2v) is 8.71. The van der Waals surface area contributed by atoms with Crippen LogP contribution in [0.2, 0.25) is 0 Å². The second kappa shape index (κ2) is 9.69. The van der Waals surface area contributed by atoms with Crippen LogP contribution in [0.1, 0.15) is 16.1 Å². The fraction of sp³-hybridized carbons (Fsp3) is 0.278. The van der Waals surface area contributed by atoms with Crippen molar-refractivity contribution in [1.29, 1.82) is 0 Å². The number of hydrogen-bond acceptors (Lipinski definition) is 9. The normalized spacial score (nSPS) is 13.2. The zero-order valence-corrected chi connectivity index (χ0v) is 17.2. The van der Waals surface area contributed by atoms with E-state index < -0.39 is 41.0 Å². The molecule has 0 atom stereocenters. The first-order valence-corrected chi connectivity index (χ1v) is 11.1. The van der Waals surface area contributed by atoms with E-state index in [1.54, 1.807) is 11.4 Å². The number of hydrogen-bond donors (Lipinski definition) is 2. The van der Waals surface area contributed by atoms with Crippen molar-refractivity contribution in [3.63, 3.8) is 0 Å². The number of esters is 1. The van der Waals surface area contributed by atoms with Crippen molar-refractivity contribution >= 4 is 39.1 Å². The highest BCUT2D eigenvalue weighted by atomic mass is 32.2. The molecule has 2 amide bonds. The van der Waals surface area contributed by atoms with Crippen molar-refractivity contribution in [1.82, 2.24) is 10.0 Å². The van der Waals surface area contributed by atoms with Crippen LogP contribution in [0.3, 0.4) is 0 Å². The number of sulfonamides is 1. The number of nitrogens with one attached hydrogen (secondary N) is 2. The fourth-order valence-corrected chi connectivity index (χ4v) is 3.98. The molecule has 0 bridgehead atoms. The zero-order valence-electron chi connectivity index (χ0n) is 15.6. The standard InChI is InChI=1S/C18H18N2O8S2/c21-16(20-18(23)15-3-1-8-29-15)11-28-17(22)10-19-30(24,25)12-4-5-13-14(9-12)27-7-2-6-26-13/h1,3-5,8-9,19H,2,6-7,10-11H2,(H,20,21,23). The lowest BCUT2D eigenvalue weighted by Gasteiger charge is -2.11. The van der Waals surface area contributed by atoms with E-state index in [2.05, 4.69) is 14.8 Å². The first kappa shape index (κ1) is 21.7. The molecule has 0 aliphatic carbocycles. The van der Waals surface area contributed by atoms with Crippen LogP contribution in [0, 0.1) is 0 Å². The smallest absolute Gasteiger partial charge is 0.321 e. The minimum atomic E-state index is -4.03. The van der Waals surface area contributed by atoms with Crippen LogP contribution in [0.25, 0.3) is 0 Å². The Hall–Kier alpha value is -2.96. The molecular weight excluding hydrogens is 436 g/mol. The first-order chi connectivity index (χ1) is 14.3. The van der Waals surface area contributed by atoms with Gasteiger partial charge >= 0.3 is 5.97 Å². The topological polar surface area (TPSA) is 137 Å². The Morgan fingerprint density at radius 3 is 2.60 bits per heavy atom. The van der Waals surface area contributed by atoms with Gasteiger partial charge in [0.2, 0.25) is 10.0 Å². The van der Waals surface area contributed by atoms with E-state index in [-0.39, 0.29) is 4.90 Å². The Balaban J connectivity index is 1.48. The maximum Gasteiger partial charge on any atom is 0.321 e. The van der Waals surface area contributed by atoms with E-state index in [1.807, 2.05) is 0 Å². The van der Waals surface area contributed by atoms with Crippen LogP contribution < -0.4 is 19.5 Å². The quantitative estimate of drug-likeness (QED) is 0.583. The minimum Gasteiger partial charge on any atom is -0.490 e. The molecule has 1 aromatic carbocycles. The number of carbonyl (C=O) groups excluding carboxylic acids is 3. The maximum atomic E-state index is 12.4. The number of benzene rings is 1. The molecule has 0 unspecified atom stereocenters. The number of fused-ring (bicyclic) bond motifs is 1. The summed E-state index contributed by atoms with van der Waals surface area (Å²) in [6.07, 6.45) is 0.674. The van der Waals surface area contributed by atoms with Crippen molar-refractivity contribution < 1.29 is 37.0 Å². The van der Waals surface area contributed by atoms with E-state index in [1.165, 1.54) is 24.3 Å². The van der Waals surface area contributed by atoms with Crippen molar-refractivity contribution in [2.24, 2.45) is 0 Å². The van der Waals surface area contributed by atoms with Gasteiger partial charge in [-0.25, -0.2) is 8.42 Å². The Labute approximate surface area is 176 Å². The number of rotatable bonds is 7. The molecule has 0 fully saturated rings. The molecule has 160 valence electrons. The van der Waals surface area contributed by atoms with Gasteiger partial charge in [-0.1, -0.05) is 6.07 Å². The van der Waals surface area contributed by atoms with E-state index in [4.69, 9.17) is 9.47 Å². The van der Waals surface area contributed by atoms with Crippen molar-refractivity contribution in [2.75, 3.05) is 26.4 Å². The molecule has 10 nitrogen and oxygen atoms in total. The van der Waals surface area contributed by atoms with Gasteiger partial charge in [-0.15, -0.1) is 11.3 Å². The highest BCUT2D eigenvalue weighted by Gasteiger charge is 2.20. The summed E-state index contributed by atoms with van der Waals surface area (Å²) in [5, 5.41) is 3.74. The van der Waals surface area contributed by atoms with E-state index in [0.29, 0.717) is 36.0 Å². The van der Waals surface area contributed by atoms with Crippen LogP contribution in [0.15, 0.2) is 40.6 Å². The van der Waals surface area contributed by atoms with Crippen LogP contribution in [-0.2, 0) is 24.3 Å². The predicted molar refractivity (Wildman–Crippen MR) is 105 cm³/mol. The average molecular weight is 454 g/mol. The lowest BCUT2D eigenvalue weighted by atomic mass is 10.3. The summed E-state index contributed by atoms with van der Waals surface area (Å²) in [6.45, 7) is -0.548. The van der Waals surface area contributed by atoms with Crippen LogP contribution in [0.4, 0.5) is 0 Å². The van der Waals surface area contributed by atoms with Crippen molar-refractivity contribution in [3.8, 4) is 11.5 Å². The van der Waals surface area contributed by atoms with Gasteiger partial charge in [0.15, 0.2) is 18.1 Å². The molecule has 2 aromatic rings. The monoisotopic (exact) mass is 454 g/mol. The Morgan fingerprint density at radius 2 is 1.87 bits per heavy atom. The molecule has 2 N–H and O–H groups in total. The van der Waals surface area contributed by atoms with Gasteiger partial charge in [-0.3, -0.25) is 19.7 Å². The number of amides is 2. The molecular formula is C18H18N2O8S2. The van der Waals surface area contributed by atoms with Gasteiger partial charge in [-0.2, -0.15) is 4.72 Å². The molecule has 0 saturated heterocycles. The number of imide groups is 1. The van der Waals surface area contributed by atoms with Crippen molar-refractivity contribution in [2.45, 2.75) is 11.3 Å². The summed E-state index contributed by atoms with van der Waals surface area (Å²) in [7, 11) is -4.03. The summed E-state index contributed by atoms with van der Waals surface area (Å²) in [6, 6.07) is 7.29. The molecule has 1 aromatic heterocycles. The van der Waals surface area contributed by atoms with Crippen LogP contribution in [0.5, 0.6) is 11.5 Å². The Kier molecular flexibility index (Phi) is 7.03. The molecule has 1 aliphatic heterocycles. The minimum absolute atomic E-state index is 0.112. The highest BCUT2D eigenvalue weighted by molar-refractivity contribution is 7.89. The second-order valence-electron chi connectivity index (χ2n) is 6.00. The Bertz CT molecular complexity index is 1030. The summed E-state index contributed by atoms with van der Waals surface area (Å²) in [5.74, 6) is -1.68. The predicted octanol–water partition coefficient (Wildman–Crippen LogP) is 0.687. The summed E-state index contributed by atoms with van der Waals surface area (Å²) in [4.78, 5) is 35.4. The van der Waals surface area contributed by atoms with Gasteiger partial charge in [0, 0.05) is 12.5 Å². The molecule has 0 saturated carbocycles. The fourth-order valence-electron chi connectivity index (χ4n) is 2.38. The van der Waals surface area contributed by atoms with E-state index >= 15 is 0 Å². The maximum absolute atomic E-state index is 12.4. The lowest BCUT2D eigenvalue weighted by Crippen LogP contribution is -2.36. The molecule has 12 heteroatoms. The van der Waals surface area contributed by atoms with Gasteiger partial charge in [0.1, 0.15) is 6.54 Å². The van der Waals surface area contributed by atoms with Crippen molar-refractivity contribution in [3.05, 3.63) is 40.6 Å². The number of ether oxygens (including phenoxy) is 3. The van der Waals surface area contributed by atoms with Gasteiger partial charge in [0.25, 0.3) is 11.8 Å². The molecule has 0 spiro atoms. The molecule has 2 heterocycles. The lowest BCUT2D eigenvalue weighted by molar-refractivity contribution is -0.147. The van der Waals surface area contributed by atoms with E-state index in [9.17, 15) is 22.8 Å². The largest absolute Gasteiger partial charge is 0.490 e. The first-order valence-electron chi connectivity index (χ1n) is 8.78. The van der Waals surface area contributed by atoms with Gasteiger partial charge < -0.3 is 14.2 Å². The summed E-state index contributed by atoms with van der Waals surface area (Å²) >= 11 is 1.15. The number of carbonyl (C=O) groups is 3. The number of thiophene rings is 1. The molecule has 0 radical (unpaired) electrons. The van der Waals surface area contributed by atoms with Gasteiger partial charge in [-0.05, 0) is 23.6 Å². The summed E-state index contributed by atoms with van der Waals surface area (Å²) < 4.78 is 42.4. The third kappa shape index (κ3) is 5.78. The van der Waals surface area contributed by atoms with Gasteiger partial charge in [0.05, 0.1) is 23.0 Å². The highest BCUT2D eigenvalue weighted by Crippen LogP contribution is 2.31.